The van der Waals surface area contributed by atoms with Gasteiger partial charge in [-0.2, -0.15) is 0 Å². The molecule has 1 fully saturated rings. The van der Waals surface area contributed by atoms with Crippen LogP contribution in [0.15, 0.2) is 18.7 Å². The average Bonchev–Trinajstić information content (AvgIpc) is 2.76. The Labute approximate surface area is 98.1 Å². The molecule has 6 heteroatoms. The second-order valence-electron chi connectivity index (χ2n) is 4.00. The number of rotatable bonds is 1. The highest BCUT2D eigenvalue weighted by Crippen LogP contribution is 2.22. The lowest BCUT2D eigenvalue weighted by atomic mass is 10.1. The molecule has 1 atom stereocenters. The van der Waals surface area contributed by atoms with E-state index in [9.17, 15) is 0 Å². The maximum absolute atomic E-state index is 6.17. The monoisotopic (exact) mass is 237 g/mol. The van der Waals surface area contributed by atoms with Gasteiger partial charge in [-0.1, -0.05) is 0 Å². The van der Waals surface area contributed by atoms with E-state index in [0.717, 1.165) is 37.4 Å². The summed E-state index contributed by atoms with van der Waals surface area (Å²) < 4.78 is 1.88. The van der Waals surface area contributed by atoms with Gasteiger partial charge in [0.15, 0.2) is 5.82 Å². The molecule has 0 amide bonds. The normalized spacial score (nSPS) is 21.6. The van der Waals surface area contributed by atoms with E-state index >= 15 is 0 Å². The third-order valence-corrected chi connectivity index (χ3v) is 3.22. The van der Waals surface area contributed by atoms with Gasteiger partial charge in [-0.15, -0.1) is 21.8 Å². The minimum Gasteiger partial charge on any atom is -0.352 e. The number of hydrogen-bond acceptors (Lipinski definition) is 4. The third-order valence-electron chi connectivity index (χ3n) is 2.86. The summed E-state index contributed by atoms with van der Waals surface area (Å²) in [5, 5.41) is 8.18. The Balaban J connectivity index is 2.01. The predicted octanol–water partition coefficient (Wildman–Crippen LogP) is 1.33. The Morgan fingerprint density at radius 2 is 2.38 bits per heavy atom. The molecule has 0 aromatic carbocycles. The zero-order valence-electron chi connectivity index (χ0n) is 8.75. The van der Waals surface area contributed by atoms with E-state index < -0.39 is 0 Å². The fourth-order valence-electron chi connectivity index (χ4n) is 2.09. The number of fused-ring (bicyclic) bond motifs is 1. The summed E-state index contributed by atoms with van der Waals surface area (Å²) in [6, 6.07) is 0. The number of nitrogens with zero attached hydrogens (tertiary/aromatic N) is 5. The maximum atomic E-state index is 6.17. The minimum absolute atomic E-state index is 0.207. The molecule has 0 bridgehead atoms. The SMILES string of the molecule is ClC1CCCN(c2nccn3cnnc23)C1. The second-order valence-corrected chi connectivity index (χ2v) is 4.62. The molecule has 0 spiro atoms. The molecule has 1 aliphatic rings. The van der Waals surface area contributed by atoms with Crippen molar-refractivity contribution in [3.63, 3.8) is 0 Å². The van der Waals surface area contributed by atoms with Gasteiger partial charge in [0.2, 0.25) is 5.65 Å². The summed E-state index contributed by atoms with van der Waals surface area (Å²) in [5.41, 5.74) is 0.799. The van der Waals surface area contributed by atoms with Crippen molar-refractivity contribution in [1.82, 2.24) is 19.6 Å². The first-order valence-corrected chi connectivity index (χ1v) is 5.81. The minimum atomic E-state index is 0.207. The molecule has 3 rings (SSSR count). The second kappa shape index (κ2) is 3.90. The van der Waals surface area contributed by atoms with E-state index in [1.54, 1.807) is 12.5 Å². The molecule has 1 aliphatic heterocycles. The summed E-state index contributed by atoms with van der Waals surface area (Å²) in [7, 11) is 0. The Kier molecular flexibility index (Phi) is 2.40. The van der Waals surface area contributed by atoms with E-state index in [1.165, 1.54) is 0 Å². The van der Waals surface area contributed by atoms with Crippen molar-refractivity contribution in [3.05, 3.63) is 18.7 Å². The number of piperidine rings is 1. The average molecular weight is 238 g/mol. The fourth-order valence-corrected chi connectivity index (χ4v) is 2.41. The predicted molar refractivity (Wildman–Crippen MR) is 61.9 cm³/mol. The van der Waals surface area contributed by atoms with Crippen LogP contribution in [0, 0.1) is 0 Å². The van der Waals surface area contributed by atoms with Gasteiger partial charge in [0.25, 0.3) is 0 Å². The van der Waals surface area contributed by atoms with E-state index in [0.29, 0.717) is 0 Å². The number of aromatic nitrogens is 4. The van der Waals surface area contributed by atoms with Gasteiger partial charge in [0.05, 0.1) is 5.38 Å². The molecule has 0 N–H and O–H groups in total. The summed E-state index contributed by atoms with van der Waals surface area (Å²) >= 11 is 6.17. The highest BCUT2D eigenvalue weighted by atomic mass is 35.5. The number of alkyl halides is 1. The zero-order valence-corrected chi connectivity index (χ0v) is 9.51. The standard InChI is InChI=1S/C10H12ClN5/c11-8-2-1-4-15(6-8)9-10-14-13-7-16(10)5-3-12-9/h3,5,7-8H,1-2,4,6H2. The molecule has 0 radical (unpaired) electrons. The molecule has 1 unspecified atom stereocenters. The third kappa shape index (κ3) is 1.61. The molecule has 5 nitrogen and oxygen atoms in total. The van der Waals surface area contributed by atoms with Crippen LogP contribution in [0.4, 0.5) is 5.82 Å². The number of anilines is 1. The van der Waals surface area contributed by atoms with E-state index in [-0.39, 0.29) is 5.38 Å². The topological polar surface area (TPSA) is 46.3 Å². The van der Waals surface area contributed by atoms with E-state index in [2.05, 4.69) is 20.1 Å². The molecule has 1 saturated heterocycles. The first kappa shape index (κ1) is 9.84. The lowest BCUT2D eigenvalue weighted by Gasteiger charge is -2.30. The Bertz CT molecular complexity index is 497. The van der Waals surface area contributed by atoms with Crippen LogP contribution in [0.3, 0.4) is 0 Å². The fraction of sp³-hybridized carbons (Fsp3) is 0.500. The first-order valence-electron chi connectivity index (χ1n) is 5.38. The first-order chi connectivity index (χ1) is 7.84. The molecule has 0 saturated carbocycles. The van der Waals surface area contributed by atoms with Crippen LogP contribution >= 0.6 is 11.6 Å². The molecule has 84 valence electrons. The highest BCUT2D eigenvalue weighted by Gasteiger charge is 2.21. The number of hydrogen-bond donors (Lipinski definition) is 0. The molecule has 16 heavy (non-hydrogen) atoms. The largest absolute Gasteiger partial charge is 0.352 e. The van der Waals surface area contributed by atoms with Gasteiger partial charge in [0.1, 0.15) is 6.33 Å². The van der Waals surface area contributed by atoms with Crippen molar-refractivity contribution >= 4 is 23.1 Å². The van der Waals surface area contributed by atoms with Crippen molar-refractivity contribution in [2.75, 3.05) is 18.0 Å². The van der Waals surface area contributed by atoms with Crippen molar-refractivity contribution in [2.24, 2.45) is 0 Å². The molecule has 3 heterocycles. The van der Waals surface area contributed by atoms with Crippen molar-refractivity contribution < 1.29 is 0 Å². The zero-order chi connectivity index (χ0) is 11.0. The summed E-state index contributed by atoms with van der Waals surface area (Å²) in [6.45, 7) is 1.82. The van der Waals surface area contributed by atoms with Crippen molar-refractivity contribution in [3.8, 4) is 0 Å². The summed E-state index contributed by atoms with van der Waals surface area (Å²) in [4.78, 5) is 6.57. The Morgan fingerprint density at radius 3 is 3.25 bits per heavy atom. The van der Waals surface area contributed by atoms with Gasteiger partial charge in [0, 0.05) is 25.5 Å². The number of halogens is 1. The molecule has 2 aromatic heterocycles. The molecular weight excluding hydrogens is 226 g/mol. The van der Waals surface area contributed by atoms with Crippen LogP contribution < -0.4 is 4.90 Å². The van der Waals surface area contributed by atoms with Gasteiger partial charge >= 0.3 is 0 Å². The van der Waals surface area contributed by atoms with Crippen molar-refractivity contribution in [1.29, 1.82) is 0 Å². The van der Waals surface area contributed by atoms with Gasteiger partial charge in [-0.25, -0.2) is 4.98 Å². The van der Waals surface area contributed by atoms with Crippen LogP contribution in [-0.4, -0.2) is 38.0 Å². The Hall–Kier alpha value is -1.36. The smallest absolute Gasteiger partial charge is 0.203 e. The van der Waals surface area contributed by atoms with E-state index in [4.69, 9.17) is 11.6 Å². The highest BCUT2D eigenvalue weighted by molar-refractivity contribution is 6.21. The van der Waals surface area contributed by atoms with Crippen LogP contribution in [0.2, 0.25) is 0 Å². The lowest BCUT2D eigenvalue weighted by Crippen LogP contribution is -2.36. The van der Waals surface area contributed by atoms with Crippen LogP contribution in [0.1, 0.15) is 12.8 Å². The van der Waals surface area contributed by atoms with Crippen LogP contribution in [-0.2, 0) is 0 Å². The van der Waals surface area contributed by atoms with Crippen LogP contribution in [0.25, 0.3) is 5.65 Å². The molecule has 0 aliphatic carbocycles. The lowest BCUT2D eigenvalue weighted by molar-refractivity contribution is 0.580. The van der Waals surface area contributed by atoms with E-state index in [1.807, 2.05) is 10.6 Å². The van der Waals surface area contributed by atoms with Crippen LogP contribution in [0.5, 0.6) is 0 Å². The quantitative estimate of drug-likeness (QED) is 0.702. The summed E-state index contributed by atoms with van der Waals surface area (Å²) in [6.07, 6.45) is 7.48. The van der Waals surface area contributed by atoms with Gasteiger partial charge in [-0.3, -0.25) is 4.40 Å². The Morgan fingerprint density at radius 1 is 1.44 bits per heavy atom. The summed E-state index contributed by atoms with van der Waals surface area (Å²) in [5.74, 6) is 0.880. The van der Waals surface area contributed by atoms with Gasteiger partial charge in [-0.05, 0) is 12.8 Å². The van der Waals surface area contributed by atoms with Crippen molar-refractivity contribution in [2.45, 2.75) is 18.2 Å². The molecule has 2 aromatic rings. The van der Waals surface area contributed by atoms with Gasteiger partial charge < -0.3 is 4.90 Å². The maximum Gasteiger partial charge on any atom is 0.203 e. The molecular formula is C10H12ClN5.